The Hall–Kier alpha value is -1.40. The summed E-state index contributed by atoms with van der Waals surface area (Å²) < 4.78 is 0. The van der Waals surface area contributed by atoms with Crippen LogP contribution in [0.4, 0.5) is 11.5 Å². The van der Waals surface area contributed by atoms with E-state index in [2.05, 4.69) is 10.3 Å². The van der Waals surface area contributed by atoms with E-state index in [1.54, 1.807) is 0 Å². The lowest BCUT2D eigenvalue weighted by atomic mass is 10.0. The number of hydrogen-bond donors (Lipinski definition) is 2. The van der Waals surface area contributed by atoms with E-state index in [1.807, 2.05) is 0 Å². The molecule has 1 aliphatic carbocycles. The Labute approximate surface area is 110 Å². The van der Waals surface area contributed by atoms with Crippen molar-refractivity contribution in [2.45, 2.75) is 25.3 Å². The number of rotatable bonds is 4. The first kappa shape index (κ1) is 13.0. The summed E-state index contributed by atoms with van der Waals surface area (Å²) in [5.41, 5.74) is 5.59. The summed E-state index contributed by atoms with van der Waals surface area (Å²) in [5.74, 6) is 0.622. The van der Waals surface area contributed by atoms with Crippen molar-refractivity contribution < 1.29 is 4.92 Å². The van der Waals surface area contributed by atoms with Crippen molar-refractivity contribution in [1.29, 1.82) is 0 Å². The van der Waals surface area contributed by atoms with Crippen molar-refractivity contribution in [1.82, 2.24) is 4.98 Å². The van der Waals surface area contributed by atoms with Crippen molar-refractivity contribution in [3.63, 3.8) is 0 Å². The van der Waals surface area contributed by atoms with E-state index in [1.165, 1.54) is 12.3 Å². The van der Waals surface area contributed by atoms with Gasteiger partial charge in [-0.05, 0) is 25.3 Å². The zero-order valence-electron chi connectivity index (χ0n) is 9.80. The summed E-state index contributed by atoms with van der Waals surface area (Å²) in [6, 6.07) is 1.46. The predicted octanol–water partition coefficient (Wildman–Crippen LogP) is 2.18. The van der Waals surface area contributed by atoms with Gasteiger partial charge in [0.2, 0.25) is 5.82 Å². The monoisotopic (exact) mass is 270 g/mol. The molecule has 2 unspecified atom stereocenters. The molecule has 2 rings (SSSR count). The molecule has 18 heavy (non-hydrogen) atoms. The lowest BCUT2D eigenvalue weighted by Gasteiger charge is -2.19. The zero-order chi connectivity index (χ0) is 13.1. The van der Waals surface area contributed by atoms with Crippen LogP contribution in [0, 0.1) is 16.0 Å². The van der Waals surface area contributed by atoms with Crippen molar-refractivity contribution >= 4 is 23.1 Å². The molecule has 1 aromatic heterocycles. The lowest BCUT2D eigenvalue weighted by Crippen LogP contribution is -2.30. The molecular weight excluding hydrogens is 256 g/mol. The fraction of sp³-hybridized carbons (Fsp3) is 0.545. The quantitative estimate of drug-likeness (QED) is 0.646. The molecule has 98 valence electrons. The van der Waals surface area contributed by atoms with E-state index >= 15 is 0 Å². The van der Waals surface area contributed by atoms with Gasteiger partial charge in [0, 0.05) is 18.3 Å². The first-order valence-electron chi connectivity index (χ1n) is 5.88. The maximum Gasteiger partial charge on any atom is 0.312 e. The summed E-state index contributed by atoms with van der Waals surface area (Å²) in [5, 5.41) is 14.3. The van der Waals surface area contributed by atoms with Crippen LogP contribution in [0.2, 0.25) is 5.02 Å². The summed E-state index contributed by atoms with van der Waals surface area (Å²) >= 11 is 5.72. The molecule has 0 spiro atoms. The van der Waals surface area contributed by atoms with Crippen LogP contribution in [0.3, 0.4) is 0 Å². The highest BCUT2D eigenvalue weighted by molar-refractivity contribution is 6.30. The van der Waals surface area contributed by atoms with E-state index in [0.29, 0.717) is 12.5 Å². The van der Waals surface area contributed by atoms with Gasteiger partial charge in [0.15, 0.2) is 0 Å². The number of nitrogens with one attached hydrogen (secondary N) is 1. The highest BCUT2D eigenvalue weighted by atomic mass is 35.5. The van der Waals surface area contributed by atoms with Gasteiger partial charge in [-0.2, -0.15) is 0 Å². The van der Waals surface area contributed by atoms with Crippen LogP contribution < -0.4 is 11.1 Å². The molecule has 6 nitrogen and oxygen atoms in total. The van der Waals surface area contributed by atoms with Crippen LogP contribution in [-0.2, 0) is 0 Å². The van der Waals surface area contributed by atoms with Crippen molar-refractivity contribution in [3.05, 3.63) is 27.4 Å². The molecule has 0 aromatic carbocycles. The van der Waals surface area contributed by atoms with Gasteiger partial charge in [0.25, 0.3) is 0 Å². The molecule has 3 N–H and O–H groups in total. The van der Waals surface area contributed by atoms with Gasteiger partial charge in [0.1, 0.15) is 0 Å². The van der Waals surface area contributed by atoms with Gasteiger partial charge in [0.05, 0.1) is 9.95 Å². The molecule has 0 saturated heterocycles. The van der Waals surface area contributed by atoms with Gasteiger partial charge < -0.3 is 11.1 Å². The molecule has 1 heterocycles. The maximum absolute atomic E-state index is 10.9. The first-order valence-corrected chi connectivity index (χ1v) is 6.26. The standard InChI is InChI=1S/C11H15ClN4O2/c12-8-4-10(16(17)18)11(14-6-8)15-9-3-1-2-7(9)5-13/h4,6-7,9H,1-3,5,13H2,(H,14,15). The Morgan fingerprint density at radius 2 is 2.39 bits per heavy atom. The third-order valence-corrected chi connectivity index (χ3v) is 3.52. The minimum absolute atomic E-state index is 0.0924. The Morgan fingerprint density at radius 1 is 1.61 bits per heavy atom. The van der Waals surface area contributed by atoms with Crippen LogP contribution >= 0.6 is 11.6 Å². The van der Waals surface area contributed by atoms with E-state index in [9.17, 15) is 10.1 Å². The van der Waals surface area contributed by atoms with E-state index in [-0.39, 0.29) is 22.6 Å². The third kappa shape index (κ3) is 2.70. The summed E-state index contributed by atoms with van der Waals surface area (Å²) in [7, 11) is 0. The van der Waals surface area contributed by atoms with E-state index in [4.69, 9.17) is 17.3 Å². The number of hydrogen-bond acceptors (Lipinski definition) is 5. The SMILES string of the molecule is NCC1CCCC1Nc1ncc(Cl)cc1[N+](=O)[O-]. The fourth-order valence-electron chi connectivity index (χ4n) is 2.36. The average Bonchev–Trinajstić information content (AvgIpc) is 2.78. The minimum Gasteiger partial charge on any atom is -0.361 e. The molecule has 0 amide bonds. The number of aromatic nitrogens is 1. The molecule has 0 aliphatic heterocycles. The second-order valence-corrected chi connectivity index (χ2v) is 4.89. The van der Waals surface area contributed by atoms with Gasteiger partial charge in [-0.1, -0.05) is 18.0 Å². The largest absolute Gasteiger partial charge is 0.361 e. The Morgan fingerprint density at radius 3 is 3.06 bits per heavy atom. The smallest absolute Gasteiger partial charge is 0.312 e. The van der Waals surface area contributed by atoms with Gasteiger partial charge in [-0.15, -0.1) is 0 Å². The second-order valence-electron chi connectivity index (χ2n) is 4.46. The number of pyridine rings is 1. The number of nitrogens with two attached hydrogens (primary N) is 1. The van der Waals surface area contributed by atoms with Crippen molar-refractivity contribution in [2.75, 3.05) is 11.9 Å². The van der Waals surface area contributed by atoms with Gasteiger partial charge in [-0.3, -0.25) is 10.1 Å². The summed E-state index contributed by atoms with van der Waals surface area (Å²) in [6.45, 7) is 0.582. The Balaban J connectivity index is 2.20. The summed E-state index contributed by atoms with van der Waals surface area (Å²) in [4.78, 5) is 14.5. The first-order chi connectivity index (χ1) is 8.61. The normalized spacial score (nSPS) is 23.0. The molecule has 0 bridgehead atoms. The molecule has 7 heteroatoms. The number of anilines is 1. The van der Waals surface area contributed by atoms with Crippen LogP contribution in [0.5, 0.6) is 0 Å². The fourth-order valence-corrected chi connectivity index (χ4v) is 2.52. The molecule has 1 fully saturated rings. The molecule has 1 aliphatic rings. The highest BCUT2D eigenvalue weighted by Gasteiger charge is 2.28. The van der Waals surface area contributed by atoms with Crippen LogP contribution in [-0.4, -0.2) is 22.5 Å². The predicted molar refractivity (Wildman–Crippen MR) is 69.7 cm³/mol. The lowest BCUT2D eigenvalue weighted by molar-refractivity contribution is -0.384. The molecular formula is C11H15ClN4O2. The second kappa shape index (κ2) is 5.49. The minimum atomic E-state index is -0.479. The summed E-state index contributed by atoms with van der Waals surface area (Å²) in [6.07, 6.45) is 4.50. The molecule has 2 atom stereocenters. The highest BCUT2D eigenvalue weighted by Crippen LogP contribution is 2.31. The van der Waals surface area contributed by atoms with Gasteiger partial charge in [-0.25, -0.2) is 4.98 Å². The molecule has 0 radical (unpaired) electrons. The van der Waals surface area contributed by atoms with Crippen LogP contribution in [0.15, 0.2) is 12.3 Å². The topological polar surface area (TPSA) is 94.1 Å². The number of halogens is 1. The van der Waals surface area contributed by atoms with Gasteiger partial charge >= 0.3 is 5.69 Å². The van der Waals surface area contributed by atoms with E-state index < -0.39 is 4.92 Å². The third-order valence-electron chi connectivity index (χ3n) is 3.31. The number of nitrogens with zero attached hydrogens (tertiary/aromatic N) is 2. The number of nitro groups is 1. The van der Waals surface area contributed by atoms with E-state index in [0.717, 1.165) is 19.3 Å². The van der Waals surface area contributed by atoms with Crippen LogP contribution in [0.1, 0.15) is 19.3 Å². The average molecular weight is 271 g/mol. The molecule has 1 aromatic rings. The Kier molecular flexibility index (Phi) is 3.98. The van der Waals surface area contributed by atoms with Crippen molar-refractivity contribution in [3.8, 4) is 0 Å². The zero-order valence-corrected chi connectivity index (χ0v) is 10.6. The molecule has 1 saturated carbocycles. The maximum atomic E-state index is 10.9. The van der Waals surface area contributed by atoms with Crippen LogP contribution in [0.25, 0.3) is 0 Å². The van der Waals surface area contributed by atoms with Crippen molar-refractivity contribution in [2.24, 2.45) is 11.7 Å². The Bertz CT molecular complexity index is 455.